The van der Waals surface area contributed by atoms with Crippen molar-refractivity contribution >= 4 is 11.6 Å². The first-order valence-corrected chi connectivity index (χ1v) is 7.68. The summed E-state index contributed by atoms with van der Waals surface area (Å²) in [4.78, 5) is 16.8. The van der Waals surface area contributed by atoms with Crippen molar-refractivity contribution in [3.63, 3.8) is 0 Å². The Bertz CT molecular complexity index is 512. The van der Waals surface area contributed by atoms with E-state index in [1.807, 2.05) is 17.0 Å². The van der Waals surface area contributed by atoms with Crippen LogP contribution in [0.25, 0.3) is 0 Å². The van der Waals surface area contributed by atoms with Gasteiger partial charge in [0.25, 0.3) is 0 Å². The van der Waals surface area contributed by atoms with Gasteiger partial charge in [-0.15, -0.1) is 0 Å². The minimum absolute atomic E-state index is 0.211. The Hall–Kier alpha value is -1.59. The maximum Gasteiger partial charge on any atom is 0.241 e. The van der Waals surface area contributed by atoms with E-state index in [9.17, 15) is 4.79 Å². The highest BCUT2D eigenvalue weighted by Gasteiger charge is 2.24. The molecule has 0 atom stereocenters. The molecule has 1 aromatic carbocycles. The van der Waals surface area contributed by atoms with E-state index in [0.29, 0.717) is 6.54 Å². The fraction of sp³-hybridized carbons (Fsp3) is 0.562. The van der Waals surface area contributed by atoms with Crippen LogP contribution in [0.4, 0.5) is 5.69 Å². The molecule has 0 aliphatic carbocycles. The highest BCUT2D eigenvalue weighted by molar-refractivity contribution is 5.96. The van der Waals surface area contributed by atoms with E-state index in [-0.39, 0.29) is 5.91 Å². The van der Waals surface area contributed by atoms with Gasteiger partial charge in [0.05, 0.1) is 13.7 Å². The second-order valence-electron chi connectivity index (χ2n) is 5.67. The quantitative estimate of drug-likeness (QED) is 0.897. The fourth-order valence-corrected chi connectivity index (χ4v) is 3.11. The number of fused-ring (bicyclic) bond motifs is 1. The molecule has 114 valence electrons. The molecule has 2 aliphatic heterocycles. The Morgan fingerprint density at radius 2 is 2.10 bits per heavy atom. The molecule has 0 aromatic heterocycles. The predicted molar refractivity (Wildman–Crippen MR) is 83.0 cm³/mol. The fourth-order valence-electron chi connectivity index (χ4n) is 3.11. The lowest BCUT2D eigenvalue weighted by molar-refractivity contribution is -0.120. The number of benzene rings is 1. The third kappa shape index (κ3) is 3.19. The maximum absolute atomic E-state index is 12.6. The van der Waals surface area contributed by atoms with Crippen molar-refractivity contribution in [2.24, 2.45) is 0 Å². The van der Waals surface area contributed by atoms with Crippen LogP contribution in [0.3, 0.4) is 0 Å². The van der Waals surface area contributed by atoms with Gasteiger partial charge in [0.1, 0.15) is 5.75 Å². The van der Waals surface area contributed by atoms with Crippen LogP contribution in [0.1, 0.15) is 12.0 Å². The molecule has 0 bridgehead atoms. The number of methoxy groups -OCH3 is 1. The maximum atomic E-state index is 12.6. The van der Waals surface area contributed by atoms with E-state index in [1.165, 1.54) is 5.56 Å². The molecule has 1 N–H and O–H groups in total. The Kier molecular flexibility index (Phi) is 4.41. The van der Waals surface area contributed by atoms with E-state index in [0.717, 1.165) is 57.0 Å². The Morgan fingerprint density at radius 1 is 1.29 bits per heavy atom. The number of carbonyl (C=O) groups is 1. The van der Waals surface area contributed by atoms with Crippen molar-refractivity contribution in [2.75, 3.05) is 51.3 Å². The van der Waals surface area contributed by atoms with Crippen LogP contribution in [0.2, 0.25) is 0 Å². The molecule has 5 heteroatoms. The van der Waals surface area contributed by atoms with Gasteiger partial charge >= 0.3 is 0 Å². The first-order chi connectivity index (χ1) is 10.3. The number of carbonyl (C=O) groups excluding carboxylic acids is 1. The van der Waals surface area contributed by atoms with E-state index in [1.54, 1.807) is 7.11 Å². The van der Waals surface area contributed by atoms with E-state index in [2.05, 4.69) is 16.3 Å². The SMILES string of the molecule is COc1ccc2c(c1)CCCN2C(=O)CN1CCNCC1. The average Bonchev–Trinajstić information content (AvgIpc) is 2.54. The van der Waals surface area contributed by atoms with Crippen LogP contribution in [-0.2, 0) is 11.2 Å². The molecule has 2 heterocycles. The third-order valence-corrected chi connectivity index (χ3v) is 4.27. The van der Waals surface area contributed by atoms with Crippen molar-refractivity contribution in [1.29, 1.82) is 0 Å². The van der Waals surface area contributed by atoms with Crippen molar-refractivity contribution < 1.29 is 9.53 Å². The summed E-state index contributed by atoms with van der Waals surface area (Å²) in [6.07, 6.45) is 2.04. The number of nitrogens with one attached hydrogen (secondary N) is 1. The average molecular weight is 289 g/mol. The van der Waals surface area contributed by atoms with Crippen molar-refractivity contribution in [3.8, 4) is 5.75 Å². The molecule has 21 heavy (non-hydrogen) atoms. The summed E-state index contributed by atoms with van der Waals surface area (Å²) in [7, 11) is 1.68. The zero-order valence-electron chi connectivity index (χ0n) is 12.6. The molecule has 0 saturated carbocycles. The number of rotatable bonds is 3. The van der Waals surface area contributed by atoms with Crippen LogP contribution in [0.5, 0.6) is 5.75 Å². The number of amides is 1. The van der Waals surface area contributed by atoms with Gasteiger partial charge < -0.3 is 15.0 Å². The summed E-state index contributed by atoms with van der Waals surface area (Å²) in [6, 6.07) is 6.01. The van der Waals surface area contributed by atoms with Crippen LogP contribution in [-0.4, -0.2) is 57.2 Å². The van der Waals surface area contributed by atoms with Gasteiger partial charge in [-0.1, -0.05) is 0 Å². The number of nitrogens with zero attached hydrogens (tertiary/aromatic N) is 2. The molecule has 2 aliphatic rings. The second-order valence-corrected chi connectivity index (χ2v) is 5.67. The van der Waals surface area contributed by atoms with Gasteiger partial charge in [0.2, 0.25) is 5.91 Å². The van der Waals surface area contributed by atoms with Crippen molar-refractivity contribution in [3.05, 3.63) is 23.8 Å². The Labute approximate surface area is 125 Å². The summed E-state index contributed by atoms with van der Waals surface area (Å²) in [5, 5.41) is 3.32. The van der Waals surface area contributed by atoms with E-state index >= 15 is 0 Å². The number of aryl methyl sites for hydroxylation is 1. The standard InChI is InChI=1S/C16H23N3O2/c1-21-14-4-5-15-13(11-14)3-2-8-19(15)16(20)12-18-9-6-17-7-10-18/h4-5,11,17H,2-3,6-10,12H2,1H3. The summed E-state index contributed by atoms with van der Waals surface area (Å²) < 4.78 is 5.28. The Balaban J connectivity index is 1.73. The van der Waals surface area contributed by atoms with Gasteiger partial charge in [0.15, 0.2) is 0 Å². The largest absolute Gasteiger partial charge is 0.497 e. The third-order valence-electron chi connectivity index (χ3n) is 4.27. The minimum atomic E-state index is 0.211. The molecule has 1 fully saturated rings. The van der Waals surface area contributed by atoms with Crippen molar-refractivity contribution in [1.82, 2.24) is 10.2 Å². The molecular formula is C16H23N3O2. The molecule has 0 radical (unpaired) electrons. The second kappa shape index (κ2) is 6.45. The first kappa shape index (κ1) is 14.4. The zero-order valence-corrected chi connectivity index (χ0v) is 12.6. The molecule has 1 aromatic rings. The smallest absolute Gasteiger partial charge is 0.241 e. The van der Waals surface area contributed by atoms with Crippen LogP contribution < -0.4 is 15.0 Å². The number of anilines is 1. The summed E-state index contributed by atoms with van der Waals surface area (Å²) >= 11 is 0. The van der Waals surface area contributed by atoms with Crippen LogP contribution in [0, 0.1) is 0 Å². The molecular weight excluding hydrogens is 266 g/mol. The summed E-state index contributed by atoms with van der Waals surface area (Å²) in [5.74, 6) is 1.08. The topological polar surface area (TPSA) is 44.8 Å². The zero-order chi connectivity index (χ0) is 14.7. The van der Waals surface area contributed by atoms with Gasteiger partial charge in [0, 0.05) is 38.4 Å². The molecule has 0 unspecified atom stereocenters. The lowest BCUT2D eigenvalue weighted by Crippen LogP contribution is -2.49. The van der Waals surface area contributed by atoms with Crippen LogP contribution in [0.15, 0.2) is 18.2 Å². The first-order valence-electron chi connectivity index (χ1n) is 7.68. The van der Waals surface area contributed by atoms with Gasteiger partial charge in [-0.2, -0.15) is 0 Å². The van der Waals surface area contributed by atoms with Crippen LogP contribution >= 0.6 is 0 Å². The molecule has 3 rings (SSSR count). The number of piperazine rings is 1. The molecule has 1 amide bonds. The van der Waals surface area contributed by atoms with Crippen molar-refractivity contribution in [2.45, 2.75) is 12.8 Å². The normalized spacial score (nSPS) is 19.2. The highest BCUT2D eigenvalue weighted by atomic mass is 16.5. The number of ether oxygens (including phenoxy) is 1. The monoisotopic (exact) mass is 289 g/mol. The van der Waals surface area contributed by atoms with E-state index < -0.39 is 0 Å². The Morgan fingerprint density at radius 3 is 2.86 bits per heavy atom. The minimum Gasteiger partial charge on any atom is -0.497 e. The van der Waals surface area contributed by atoms with Gasteiger partial charge in [-0.3, -0.25) is 9.69 Å². The number of hydrogen-bond donors (Lipinski definition) is 1. The predicted octanol–water partition coefficient (Wildman–Crippen LogP) is 0.880. The van der Waals surface area contributed by atoms with Gasteiger partial charge in [-0.25, -0.2) is 0 Å². The molecule has 1 saturated heterocycles. The molecule has 5 nitrogen and oxygen atoms in total. The molecule has 0 spiro atoms. The summed E-state index contributed by atoms with van der Waals surface area (Å²) in [6.45, 7) is 5.20. The number of hydrogen-bond acceptors (Lipinski definition) is 4. The summed E-state index contributed by atoms with van der Waals surface area (Å²) in [5.41, 5.74) is 2.27. The highest BCUT2D eigenvalue weighted by Crippen LogP contribution is 2.30. The lowest BCUT2D eigenvalue weighted by Gasteiger charge is -2.33. The van der Waals surface area contributed by atoms with E-state index in [4.69, 9.17) is 4.74 Å². The lowest BCUT2D eigenvalue weighted by atomic mass is 10.0. The van der Waals surface area contributed by atoms with Gasteiger partial charge in [-0.05, 0) is 36.6 Å².